The summed E-state index contributed by atoms with van der Waals surface area (Å²) in [6.07, 6.45) is -0.154. The molecule has 1 amide bonds. The lowest BCUT2D eigenvalue weighted by atomic mass is 10.2. The van der Waals surface area contributed by atoms with Gasteiger partial charge in [-0.05, 0) is 32.9 Å². The maximum atomic E-state index is 12.1. The standard InChI is InChI=1S/C14H17NO3/c1-9(2)18-14(17)12-10(3)15(12)13(16)11-7-5-4-6-8-11/h4-10,12H,1-3H3/t10-,12+,15?/m1/s1. The van der Waals surface area contributed by atoms with Gasteiger partial charge in [-0.2, -0.15) is 0 Å². The van der Waals surface area contributed by atoms with Gasteiger partial charge in [0.05, 0.1) is 12.1 Å². The van der Waals surface area contributed by atoms with Crippen molar-refractivity contribution in [3.63, 3.8) is 0 Å². The molecule has 96 valence electrons. The number of rotatable bonds is 3. The Labute approximate surface area is 107 Å². The molecule has 1 aliphatic rings. The van der Waals surface area contributed by atoms with Crippen molar-refractivity contribution in [2.75, 3.05) is 0 Å². The van der Waals surface area contributed by atoms with Gasteiger partial charge in [0.25, 0.3) is 5.91 Å². The Kier molecular flexibility index (Phi) is 3.36. The normalized spacial score (nSPS) is 21.9. The first-order valence-electron chi connectivity index (χ1n) is 6.10. The van der Waals surface area contributed by atoms with Crippen molar-refractivity contribution in [1.29, 1.82) is 0 Å². The molecule has 1 fully saturated rings. The summed E-state index contributed by atoms with van der Waals surface area (Å²) in [7, 11) is 0. The van der Waals surface area contributed by atoms with Crippen LogP contribution in [0.3, 0.4) is 0 Å². The molecule has 0 bridgehead atoms. The average molecular weight is 247 g/mol. The lowest BCUT2D eigenvalue weighted by molar-refractivity contribution is -0.147. The van der Waals surface area contributed by atoms with Crippen LogP contribution in [0.2, 0.25) is 0 Å². The fourth-order valence-electron chi connectivity index (χ4n) is 2.00. The van der Waals surface area contributed by atoms with Crippen LogP contribution in [0.5, 0.6) is 0 Å². The van der Waals surface area contributed by atoms with E-state index in [9.17, 15) is 9.59 Å². The number of ether oxygens (including phenoxy) is 1. The van der Waals surface area contributed by atoms with Gasteiger partial charge in [-0.25, -0.2) is 4.79 Å². The van der Waals surface area contributed by atoms with Gasteiger partial charge in [-0.1, -0.05) is 18.2 Å². The van der Waals surface area contributed by atoms with Gasteiger partial charge in [-0.15, -0.1) is 0 Å². The number of nitrogens with zero attached hydrogens (tertiary/aromatic N) is 1. The smallest absolute Gasteiger partial charge is 0.331 e. The number of carbonyl (C=O) groups is 2. The number of amides is 1. The summed E-state index contributed by atoms with van der Waals surface area (Å²) in [5.41, 5.74) is 0.601. The zero-order valence-electron chi connectivity index (χ0n) is 10.8. The van der Waals surface area contributed by atoms with E-state index in [1.807, 2.05) is 25.1 Å². The summed E-state index contributed by atoms with van der Waals surface area (Å²) >= 11 is 0. The first kappa shape index (κ1) is 12.6. The SMILES string of the molecule is CC(C)OC(=O)[C@@H]1[C@@H](C)N1C(=O)c1ccccc1. The van der Waals surface area contributed by atoms with Crippen LogP contribution in [0.15, 0.2) is 30.3 Å². The topological polar surface area (TPSA) is 46.4 Å². The third-order valence-electron chi connectivity index (χ3n) is 2.95. The van der Waals surface area contributed by atoms with Crippen LogP contribution in [-0.2, 0) is 9.53 Å². The molecule has 0 aliphatic carbocycles. The van der Waals surface area contributed by atoms with Crippen molar-refractivity contribution in [2.24, 2.45) is 0 Å². The Morgan fingerprint density at radius 2 is 1.83 bits per heavy atom. The Morgan fingerprint density at radius 3 is 2.39 bits per heavy atom. The molecule has 18 heavy (non-hydrogen) atoms. The highest BCUT2D eigenvalue weighted by molar-refractivity contribution is 6.00. The number of hydrogen-bond donors (Lipinski definition) is 0. The molecule has 0 N–H and O–H groups in total. The lowest BCUT2D eigenvalue weighted by Crippen LogP contribution is -2.23. The molecule has 1 aromatic rings. The van der Waals surface area contributed by atoms with E-state index < -0.39 is 6.04 Å². The molecule has 1 aliphatic heterocycles. The molecule has 4 nitrogen and oxygen atoms in total. The summed E-state index contributed by atoms with van der Waals surface area (Å²) in [5, 5.41) is 0. The van der Waals surface area contributed by atoms with Crippen molar-refractivity contribution in [3.8, 4) is 0 Å². The van der Waals surface area contributed by atoms with Crippen molar-refractivity contribution in [1.82, 2.24) is 4.90 Å². The second-order valence-corrected chi connectivity index (χ2v) is 4.75. The second-order valence-electron chi connectivity index (χ2n) is 4.75. The average Bonchev–Trinajstić information content (AvgIpc) is 3.00. The zero-order valence-corrected chi connectivity index (χ0v) is 10.8. The number of benzene rings is 1. The van der Waals surface area contributed by atoms with E-state index in [0.29, 0.717) is 5.56 Å². The van der Waals surface area contributed by atoms with Gasteiger partial charge in [0.1, 0.15) is 0 Å². The molecule has 4 heteroatoms. The minimum atomic E-state index is -0.430. The summed E-state index contributed by atoms with van der Waals surface area (Å²) in [6.45, 7) is 5.45. The van der Waals surface area contributed by atoms with Gasteiger partial charge in [-0.3, -0.25) is 4.79 Å². The van der Waals surface area contributed by atoms with E-state index in [1.165, 1.54) is 0 Å². The summed E-state index contributed by atoms with van der Waals surface area (Å²) in [5.74, 6) is -0.435. The fraction of sp³-hybridized carbons (Fsp3) is 0.429. The van der Waals surface area contributed by atoms with Crippen molar-refractivity contribution < 1.29 is 14.3 Å². The monoisotopic (exact) mass is 247 g/mol. The maximum Gasteiger partial charge on any atom is 0.331 e. The Balaban J connectivity index is 2.04. The molecular weight excluding hydrogens is 230 g/mol. The van der Waals surface area contributed by atoms with E-state index in [2.05, 4.69) is 0 Å². The van der Waals surface area contributed by atoms with Crippen molar-refractivity contribution >= 4 is 11.9 Å². The van der Waals surface area contributed by atoms with Crippen LogP contribution >= 0.6 is 0 Å². The maximum absolute atomic E-state index is 12.1. The van der Waals surface area contributed by atoms with Crippen LogP contribution in [0.25, 0.3) is 0 Å². The van der Waals surface area contributed by atoms with E-state index in [1.54, 1.807) is 30.9 Å². The molecule has 1 saturated heterocycles. The summed E-state index contributed by atoms with van der Waals surface area (Å²) in [4.78, 5) is 25.4. The summed E-state index contributed by atoms with van der Waals surface area (Å²) in [6, 6.07) is 8.46. The fourth-order valence-corrected chi connectivity index (χ4v) is 2.00. The van der Waals surface area contributed by atoms with Gasteiger partial charge >= 0.3 is 5.97 Å². The van der Waals surface area contributed by atoms with Crippen LogP contribution in [0.1, 0.15) is 31.1 Å². The molecule has 1 heterocycles. The van der Waals surface area contributed by atoms with Crippen LogP contribution in [0.4, 0.5) is 0 Å². The Bertz CT molecular complexity index is 455. The quantitative estimate of drug-likeness (QED) is 0.605. The Morgan fingerprint density at radius 1 is 1.22 bits per heavy atom. The number of esters is 1. The minimum absolute atomic E-state index is 0.0797. The van der Waals surface area contributed by atoms with E-state index in [0.717, 1.165) is 0 Å². The third kappa shape index (κ3) is 2.37. The molecule has 0 spiro atoms. The van der Waals surface area contributed by atoms with Crippen LogP contribution in [0, 0.1) is 0 Å². The first-order chi connectivity index (χ1) is 8.52. The Hall–Kier alpha value is -1.84. The molecule has 0 saturated carbocycles. The zero-order chi connectivity index (χ0) is 13.3. The molecule has 1 aromatic carbocycles. The van der Waals surface area contributed by atoms with Gasteiger partial charge < -0.3 is 9.64 Å². The predicted octanol–water partition coefficient (Wildman–Crippen LogP) is 1.85. The highest BCUT2D eigenvalue weighted by atomic mass is 16.5. The highest BCUT2D eigenvalue weighted by Gasteiger charge is 2.53. The van der Waals surface area contributed by atoms with E-state index in [-0.39, 0.29) is 24.0 Å². The van der Waals surface area contributed by atoms with Crippen molar-refractivity contribution in [2.45, 2.75) is 39.0 Å². The highest BCUT2D eigenvalue weighted by Crippen LogP contribution is 2.31. The van der Waals surface area contributed by atoms with E-state index in [4.69, 9.17) is 4.74 Å². The second kappa shape index (κ2) is 4.80. The molecule has 0 aromatic heterocycles. The van der Waals surface area contributed by atoms with Crippen molar-refractivity contribution in [3.05, 3.63) is 35.9 Å². The minimum Gasteiger partial charge on any atom is -0.461 e. The van der Waals surface area contributed by atoms with E-state index >= 15 is 0 Å². The van der Waals surface area contributed by atoms with Gasteiger partial charge in [0, 0.05) is 5.56 Å². The third-order valence-corrected chi connectivity index (χ3v) is 2.95. The first-order valence-corrected chi connectivity index (χ1v) is 6.10. The molecular formula is C14H17NO3. The predicted molar refractivity (Wildman–Crippen MR) is 67.1 cm³/mol. The molecule has 2 rings (SSSR count). The largest absolute Gasteiger partial charge is 0.461 e. The molecule has 0 radical (unpaired) electrons. The van der Waals surface area contributed by atoms with Crippen LogP contribution < -0.4 is 0 Å². The summed E-state index contributed by atoms with van der Waals surface area (Å²) < 4.78 is 5.13. The number of carbonyl (C=O) groups excluding carboxylic acids is 2. The van der Waals surface area contributed by atoms with Crippen LogP contribution in [-0.4, -0.2) is 35.0 Å². The van der Waals surface area contributed by atoms with Gasteiger partial charge in [0.15, 0.2) is 6.04 Å². The lowest BCUT2D eigenvalue weighted by Gasteiger charge is -2.07. The molecule has 0 unspecified atom stereocenters. The molecule has 2 atom stereocenters. The van der Waals surface area contributed by atoms with Gasteiger partial charge in [0.2, 0.25) is 0 Å². The number of hydrogen-bond acceptors (Lipinski definition) is 3.